The topological polar surface area (TPSA) is 53.1 Å². The SMILES string of the molecule is CC[C@H](C)N1CCC2(CC1)C(=O)N(CC(C)C)C(=O)N2CCc1ccc(OC)cc1. The average Bonchev–Trinajstić information content (AvgIpc) is 2.93. The van der Waals surface area contributed by atoms with Crippen LogP contribution in [0, 0.1) is 5.92 Å². The Labute approximate surface area is 181 Å². The molecule has 0 aromatic heterocycles. The van der Waals surface area contributed by atoms with Crippen molar-refractivity contribution in [3.63, 3.8) is 0 Å². The van der Waals surface area contributed by atoms with Gasteiger partial charge in [-0.15, -0.1) is 0 Å². The lowest BCUT2D eigenvalue weighted by atomic mass is 9.85. The molecule has 1 aromatic carbocycles. The molecule has 2 fully saturated rings. The predicted octanol–water partition coefficient (Wildman–Crippen LogP) is 3.79. The molecule has 2 aliphatic heterocycles. The molecule has 166 valence electrons. The van der Waals surface area contributed by atoms with Gasteiger partial charge in [0, 0.05) is 32.2 Å². The zero-order chi connectivity index (χ0) is 21.9. The Morgan fingerprint density at radius 2 is 1.70 bits per heavy atom. The number of amides is 3. The van der Waals surface area contributed by atoms with Crippen molar-refractivity contribution in [2.45, 2.75) is 65.0 Å². The molecule has 2 heterocycles. The number of likely N-dealkylation sites (tertiary alicyclic amines) is 1. The number of piperidine rings is 1. The number of rotatable bonds is 8. The highest BCUT2D eigenvalue weighted by molar-refractivity contribution is 6.07. The lowest BCUT2D eigenvalue weighted by molar-refractivity contribution is -0.136. The van der Waals surface area contributed by atoms with Crippen molar-refractivity contribution in [1.29, 1.82) is 0 Å². The Bertz CT molecular complexity index is 739. The first-order chi connectivity index (χ1) is 14.3. The Morgan fingerprint density at radius 3 is 2.23 bits per heavy atom. The van der Waals surface area contributed by atoms with Crippen LogP contribution in [0.1, 0.15) is 52.5 Å². The second kappa shape index (κ2) is 9.38. The molecule has 30 heavy (non-hydrogen) atoms. The predicted molar refractivity (Wildman–Crippen MR) is 119 cm³/mol. The van der Waals surface area contributed by atoms with Crippen LogP contribution >= 0.6 is 0 Å². The fraction of sp³-hybridized carbons (Fsp3) is 0.667. The summed E-state index contributed by atoms with van der Waals surface area (Å²) in [6.45, 7) is 11.3. The van der Waals surface area contributed by atoms with E-state index in [0.717, 1.165) is 50.1 Å². The number of hydrogen-bond acceptors (Lipinski definition) is 4. The Hall–Kier alpha value is -2.08. The minimum absolute atomic E-state index is 0.0136. The number of benzene rings is 1. The molecular weight excluding hydrogens is 378 g/mol. The van der Waals surface area contributed by atoms with E-state index < -0.39 is 5.54 Å². The summed E-state index contributed by atoms with van der Waals surface area (Å²) < 4.78 is 5.24. The molecule has 2 aliphatic rings. The largest absolute Gasteiger partial charge is 0.497 e. The van der Waals surface area contributed by atoms with Crippen molar-refractivity contribution in [1.82, 2.24) is 14.7 Å². The first kappa shape index (κ1) is 22.6. The standard InChI is InChI=1S/C24H37N3O3/c1-6-19(4)25-15-12-24(13-16-25)22(28)26(17-18(2)3)23(29)27(24)14-11-20-7-9-21(30-5)10-8-20/h7-10,18-19H,6,11-17H2,1-5H3/t19-/m0/s1. The zero-order valence-corrected chi connectivity index (χ0v) is 19.2. The van der Waals surface area contributed by atoms with Crippen LogP contribution in [0.2, 0.25) is 0 Å². The molecule has 3 rings (SSSR count). The first-order valence-corrected chi connectivity index (χ1v) is 11.3. The number of carbonyl (C=O) groups is 2. The maximum Gasteiger partial charge on any atom is 0.327 e. The van der Waals surface area contributed by atoms with E-state index in [0.29, 0.717) is 19.1 Å². The van der Waals surface area contributed by atoms with Gasteiger partial charge in [0.15, 0.2) is 0 Å². The van der Waals surface area contributed by atoms with E-state index in [1.54, 1.807) is 7.11 Å². The Kier molecular flexibility index (Phi) is 7.06. The molecule has 0 bridgehead atoms. The molecule has 1 atom stereocenters. The number of nitrogens with zero attached hydrogens (tertiary/aromatic N) is 3. The number of ether oxygens (including phenoxy) is 1. The molecule has 0 radical (unpaired) electrons. The summed E-state index contributed by atoms with van der Waals surface area (Å²) in [7, 11) is 1.66. The molecule has 0 N–H and O–H groups in total. The first-order valence-electron chi connectivity index (χ1n) is 11.3. The molecule has 2 saturated heterocycles. The number of carbonyl (C=O) groups excluding carboxylic acids is 2. The lowest BCUT2D eigenvalue weighted by Crippen LogP contribution is -2.58. The van der Waals surface area contributed by atoms with Crippen molar-refractivity contribution in [2.24, 2.45) is 5.92 Å². The molecule has 0 unspecified atom stereocenters. The summed E-state index contributed by atoms with van der Waals surface area (Å²) in [6, 6.07) is 8.35. The Balaban J connectivity index is 1.79. The molecular formula is C24H37N3O3. The molecule has 3 amide bonds. The second-order valence-electron chi connectivity index (χ2n) is 9.17. The van der Waals surface area contributed by atoms with Crippen molar-refractivity contribution < 1.29 is 14.3 Å². The van der Waals surface area contributed by atoms with E-state index in [1.807, 2.05) is 29.2 Å². The summed E-state index contributed by atoms with van der Waals surface area (Å²) >= 11 is 0. The van der Waals surface area contributed by atoms with E-state index in [1.165, 1.54) is 4.90 Å². The molecule has 0 saturated carbocycles. The second-order valence-corrected chi connectivity index (χ2v) is 9.17. The lowest BCUT2D eigenvalue weighted by Gasteiger charge is -2.44. The summed E-state index contributed by atoms with van der Waals surface area (Å²) in [4.78, 5) is 32.7. The Morgan fingerprint density at radius 1 is 1.07 bits per heavy atom. The van der Waals surface area contributed by atoms with Crippen LogP contribution in [0.15, 0.2) is 24.3 Å². The fourth-order valence-corrected chi connectivity index (χ4v) is 4.73. The van der Waals surface area contributed by atoms with Gasteiger partial charge in [-0.25, -0.2) is 4.79 Å². The van der Waals surface area contributed by atoms with Gasteiger partial charge in [0.05, 0.1) is 7.11 Å². The van der Waals surface area contributed by atoms with Gasteiger partial charge < -0.3 is 14.5 Å². The van der Waals surface area contributed by atoms with E-state index in [4.69, 9.17) is 4.74 Å². The van der Waals surface area contributed by atoms with Crippen LogP contribution in [0.3, 0.4) is 0 Å². The van der Waals surface area contributed by atoms with E-state index in [9.17, 15) is 9.59 Å². The minimum atomic E-state index is -0.678. The van der Waals surface area contributed by atoms with E-state index in [2.05, 4.69) is 32.6 Å². The van der Waals surface area contributed by atoms with Gasteiger partial charge >= 0.3 is 6.03 Å². The summed E-state index contributed by atoms with van der Waals surface area (Å²) in [5.41, 5.74) is 0.466. The van der Waals surface area contributed by atoms with Crippen LogP contribution in [0.5, 0.6) is 5.75 Å². The van der Waals surface area contributed by atoms with Gasteiger partial charge in [0.25, 0.3) is 5.91 Å². The van der Waals surface area contributed by atoms with E-state index in [-0.39, 0.29) is 17.9 Å². The number of urea groups is 1. The van der Waals surface area contributed by atoms with E-state index >= 15 is 0 Å². The highest BCUT2D eigenvalue weighted by Crippen LogP contribution is 2.38. The third-order valence-corrected chi connectivity index (χ3v) is 6.79. The maximum absolute atomic E-state index is 13.5. The zero-order valence-electron chi connectivity index (χ0n) is 19.2. The quantitative estimate of drug-likeness (QED) is 0.606. The van der Waals surface area contributed by atoms with Gasteiger partial charge in [-0.05, 0) is 56.2 Å². The number of methoxy groups -OCH3 is 1. The van der Waals surface area contributed by atoms with Gasteiger partial charge in [0.2, 0.25) is 0 Å². The third-order valence-electron chi connectivity index (χ3n) is 6.79. The van der Waals surface area contributed by atoms with Crippen molar-refractivity contribution in [2.75, 3.05) is 33.3 Å². The minimum Gasteiger partial charge on any atom is -0.497 e. The van der Waals surface area contributed by atoms with Crippen molar-refractivity contribution in [3.05, 3.63) is 29.8 Å². The van der Waals surface area contributed by atoms with Crippen LogP contribution < -0.4 is 4.74 Å². The third kappa shape index (κ3) is 4.34. The van der Waals surface area contributed by atoms with Gasteiger partial charge in [-0.1, -0.05) is 32.9 Å². The molecule has 1 spiro atoms. The van der Waals surface area contributed by atoms with Crippen LogP contribution in [0.25, 0.3) is 0 Å². The van der Waals surface area contributed by atoms with Crippen molar-refractivity contribution >= 4 is 11.9 Å². The average molecular weight is 416 g/mol. The highest BCUT2D eigenvalue weighted by atomic mass is 16.5. The summed E-state index contributed by atoms with van der Waals surface area (Å²) in [5.74, 6) is 1.10. The van der Waals surface area contributed by atoms with Crippen LogP contribution in [0.4, 0.5) is 4.79 Å². The fourth-order valence-electron chi connectivity index (χ4n) is 4.73. The highest BCUT2D eigenvalue weighted by Gasteiger charge is 2.57. The molecule has 6 nitrogen and oxygen atoms in total. The van der Waals surface area contributed by atoms with Crippen molar-refractivity contribution in [3.8, 4) is 5.75 Å². The van der Waals surface area contributed by atoms with Gasteiger partial charge in [-0.2, -0.15) is 0 Å². The number of hydrogen-bond donors (Lipinski definition) is 0. The normalized spacial score (nSPS) is 20.5. The summed E-state index contributed by atoms with van der Waals surface area (Å²) in [5, 5.41) is 0. The smallest absolute Gasteiger partial charge is 0.327 e. The maximum atomic E-state index is 13.5. The summed E-state index contributed by atoms with van der Waals surface area (Å²) in [6.07, 6.45) is 3.27. The van der Waals surface area contributed by atoms with Gasteiger partial charge in [-0.3, -0.25) is 9.69 Å². The molecule has 0 aliphatic carbocycles. The molecule has 6 heteroatoms. The molecule has 1 aromatic rings. The van der Waals surface area contributed by atoms with Crippen LogP contribution in [-0.4, -0.2) is 71.5 Å². The van der Waals surface area contributed by atoms with Crippen LogP contribution in [-0.2, 0) is 11.2 Å². The monoisotopic (exact) mass is 415 g/mol. The number of imide groups is 1. The van der Waals surface area contributed by atoms with Gasteiger partial charge in [0.1, 0.15) is 11.3 Å².